The van der Waals surface area contributed by atoms with E-state index < -0.39 is 0 Å². The van der Waals surface area contributed by atoms with E-state index in [-0.39, 0.29) is 26.8 Å². The summed E-state index contributed by atoms with van der Waals surface area (Å²) < 4.78 is 2.12. The predicted molar refractivity (Wildman–Crippen MR) is 165 cm³/mol. The Morgan fingerprint density at radius 3 is 2.14 bits per heavy atom. The molecule has 1 N–H and O–H groups in total. The summed E-state index contributed by atoms with van der Waals surface area (Å²) in [6, 6.07) is 48.1. The van der Waals surface area contributed by atoms with E-state index in [9.17, 15) is 5.11 Å². The Kier molecular flexibility index (Phi) is 7.81. The van der Waals surface area contributed by atoms with Crippen LogP contribution in [0.25, 0.3) is 50.5 Å². The first-order valence-electron chi connectivity index (χ1n) is 13.6. The molecule has 0 bridgehead atoms. The predicted octanol–water partition coefficient (Wildman–Crippen LogP) is 8.52. The van der Waals surface area contributed by atoms with Crippen molar-refractivity contribution in [3.63, 3.8) is 0 Å². The van der Waals surface area contributed by atoms with Gasteiger partial charge in [0.25, 0.3) is 0 Å². The van der Waals surface area contributed by atoms with Crippen LogP contribution < -0.4 is 0 Å². The average Bonchev–Trinajstić information content (AvgIpc) is 3.42. The molecule has 5 heteroatoms. The first kappa shape index (κ1) is 27.4. The number of fused-ring (bicyclic) bond motifs is 1. The van der Waals surface area contributed by atoms with Gasteiger partial charge in [-0.25, -0.2) is 4.98 Å². The summed E-state index contributed by atoms with van der Waals surface area (Å²) in [4.78, 5) is 9.69. The number of pyridine rings is 1. The van der Waals surface area contributed by atoms with Crippen LogP contribution in [0.5, 0.6) is 5.75 Å². The van der Waals surface area contributed by atoms with E-state index in [1.54, 1.807) is 6.20 Å². The SMILES string of the molecule is Oc1cc(Cc2ccccc2)ccc1-c1nc2c(-c3[c-]c(-c4ccccn4)ccc3)cccc2n1-c1ccccc1.[Pt]. The van der Waals surface area contributed by atoms with Gasteiger partial charge in [-0.15, -0.1) is 29.8 Å². The van der Waals surface area contributed by atoms with Crippen LogP contribution in [0, 0.1) is 6.07 Å². The maximum Gasteiger partial charge on any atom is 0.148 e. The van der Waals surface area contributed by atoms with Gasteiger partial charge in [0.2, 0.25) is 0 Å². The summed E-state index contributed by atoms with van der Waals surface area (Å²) in [5.74, 6) is 0.888. The van der Waals surface area contributed by atoms with Gasteiger partial charge in [-0.3, -0.25) is 9.55 Å². The van der Waals surface area contributed by atoms with Crippen molar-refractivity contribution in [2.75, 3.05) is 0 Å². The van der Waals surface area contributed by atoms with Gasteiger partial charge in [0.15, 0.2) is 0 Å². The molecule has 0 saturated carbocycles. The van der Waals surface area contributed by atoms with Gasteiger partial charge in [0.1, 0.15) is 11.6 Å². The first-order valence-corrected chi connectivity index (χ1v) is 13.6. The molecule has 42 heavy (non-hydrogen) atoms. The molecule has 0 aliphatic carbocycles. The van der Waals surface area contributed by atoms with Gasteiger partial charge in [-0.05, 0) is 53.9 Å². The third-order valence-corrected chi connectivity index (χ3v) is 7.28. The van der Waals surface area contributed by atoms with E-state index in [2.05, 4.69) is 64.1 Å². The van der Waals surface area contributed by atoms with Crippen molar-refractivity contribution in [3.8, 4) is 45.2 Å². The Morgan fingerprint density at radius 1 is 0.643 bits per heavy atom. The van der Waals surface area contributed by atoms with Crippen LogP contribution in [0.3, 0.4) is 0 Å². The minimum absolute atomic E-state index is 0. The maximum absolute atomic E-state index is 11.3. The Hall–Kier alpha value is -4.79. The van der Waals surface area contributed by atoms with E-state index in [0.717, 1.165) is 51.1 Å². The number of nitrogens with zero attached hydrogens (tertiary/aromatic N) is 3. The summed E-state index contributed by atoms with van der Waals surface area (Å²) in [5, 5.41) is 11.3. The molecule has 0 atom stereocenters. The molecule has 0 unspecified atom stereocenters. The van der Waals surface area contributed by atoms with Crippen molar-refractivity contribution in [1.82, 2.24) is 14.5 Å². The number of aromatic hydroxyl groups is 1. The number of hydrogen-bond donors (Lipinski definition) is 1. The van der Waals surface area contributed by atoms with Crippen LogP contribution >= 0.6 is 0 Å². The van der Waals surface area contributed by atoms with Crippen LogP contribution in [0.1, 0.15) is 11.1 Å². The molecular weight excluding hydrogens is 698 g/mol. The van der Waals surface area contributed by atoms with Crippen LogP contribution in [-0.4, -0.2) is 19.6 Å². The minimum atomic E-state index is 0. The second kappa shape index (κ2) is 12.0. The van der Waals surface area contributed by atoms with Gasteiger partial charge in [0, 0.05) is 38.6 Å². The van der Waals surface area contributed by atoms with E-state index in [1.807, 2.05) is 84.9 Å². The molecule has 2 aromatic heterocycles. The zero-order valence-corrected chi connectivity index (χ0v) is 24.9. The molecule has 7 rings (SSSR count). The van der Waals surface area contributed by atoms with E-state index in [4.69, 9.17) is 4.98 Å². The van der Waals surface area contributed by atoms with E-state index in [1.165, 1.54) is 5.56 Å². The van der Waals surface area contributed by atoms with Crippen LogP contribution in [0.15, 0.2) is 140 Å². The van der Waals surface area contributed by atoms with Crippen LogP contribution in [0.4, 0.5) is 0 Å². The van der Waals surface area contributed by atoms with Gasteiger partial charge in [-0.1, -0.05) is 90.0 Å². The van der Waals surface area contributed by atoms with E-state index in [0.29, 0.717) is 11.4 Å². The third kappa shape index (κ3) is 5.30. The molecule has 7 aromatic rings. The summed E-state index contributed by atoms with van der Waals surface area (Å²) in [6.07, 6.45) is 2.54. The second-order valence-electron chi connectivity index (χ2n) is 9.99. The van der Waals surface area contributed by atoms with Crippen molar-refractivity contribution in [1.29, 1.82) is 0 Å². The van der Waals surface area contributed by atoms with Crippen LogP contribution in [-0.2, 0) is 27.5 Å². The van der Waals surface area contributed by atoms with Gasteiger partial charge < -0.3 is 5.11 Å². The zero-order valence-electron chi connectivity index (χ0n) is 22.6. The molecule has 0 amide bonds. The number of imidazole rings is 1. The number of para-hydroxylation sites is 2. The molecule has 0 fully saturated rings. The van der Waals surface area contributed by atoms with Gasteiger partial charge in [-0.2, -0.15) is 0 Å². The van der Waals surface area contributed by atoms with E-state index >= 15 is 0 Å². The van der Waals surface area contributed by atoms with Gasteiger partial charge >= 0.3 is 0 Å². The van der Waals surface area contributed by atoms with Crippen molar-refractivity contribution in [3.05, 3.63) is 157 Å². The maximum atomic E-state index is 11.3. The summed E-state index contributed by atoms with van der Waals surface area (Å²) >= 11 is 0. The van der Waals surface area contributed by atoms with Crippen molar-refractivity contribution in [2.24, 2.45) is 0 Å². The Labute approximate surface area is 259 Å². The largest absolute Gasteiger partial charge is 0.507 e. The molecule has 2 heterocycles. The summed E-state index contributed by atoms with van der Waals surface area (Å²) in [5.41, 5.74) is 9.39. The topological polar surface area (TPSA) is 50.9 Å². The number of benzene rings is 5. The average molecular weight is 724 g/mol. The van der Waals surface area contributed by atoms with Crippen molar-refractivity contribution >= 4 is 11.0 Å². The fourth-order valence-corrected chi connectivity index (χ4v) is 5.34. The number of hydrogen-bond acceptors (Lipinski definition) is 3. The fourth-order valence-electron chi connectivity index (χ4n) is 5.34. The number of rotatable bonds is 6. The summed E-state index contributed by atoms with van der Waals surface area (Å²) in [7, 11) is 0. The molecule has 0 radical (unpaired) electrons. The molecule has 0 aliphatic heterocycles. The summed E-state index contributed by atoms with van der Waals surface area (Å²) in [6.45, 7) is 0. The third-order valence-electron chi connectivity index (χ3n) is 7.28. The standard InChI is InChI=1S/C37H26N3O.Pt/c41-35-24-27(23-26-11-3-1-4-12-26)20-21-32(35)37-39-36-31(17-10-19-34(36)40(37)30-15-5-2-6-16-30)28-13-9-14-29(25-28)33-18-7-8-22-38-33;/h1-22,24,41H,23H2;/q-1;. The minimum Gasteiger partial charge on any atom is -0.507 e. The molecular formula is C37H26N3OPt-. The van der Waals surface area contributed by atoms with Crippen molar-refractivity contribution in [2.45, 2.75) is 6.42 Å². The zero-order chi connectivity index (χ0) is 27.6. The second-order valence-corrected chi connectivity index (χ2v) is 9.99. The number of phenolic OH excluding ortho intramolecular Hbond substituents is 1. The van der Waals surface area contributed by atoms with Gasteiger partial charge in [0.05, 0.1) is 16.6 Å². The quantitative estimate of drug-likeness (QED) is 0.175. The number of aromatic nitrogens is 3. The molecule has 4 nitrogen and oxygen atoms in total. The first-order chi connectivity index (χ1) is 20.2. The number of phenols is 1. The molecule has 0 spiro atoms. The fraction of sp³-hybridized carbons (Fsp3) is 0.0270. The smallest absolute Gasteiger partial charge is 0.148 e. The molecule has 206 valence electrons. The normalized spacial score (nSPS) is 10.9. The van der Waals surface area contributed by atoms with Crippen LogP contribution in [0.2, 0.25) is 0 Å². The molecule has 0 saturated heterocycles. The Balaban J connectivity index is 0.00000316. The monoisotopic (exact) mass is 723 g/mol. The Bertz CT molecular complexity index is 1970. The molecule has 0 aliphatic rings. The molecule has 5 aromatic carbocycles. The van der Waals surface area contributed by atoms with Crippen molar-refractivity contribution < 1.29 is 26.2 Å². The Morgan fingerprint density at radius 2 is 1.38 bits per heavy atom.